The highest BCUT2D eigenvalue weighted by Gasteiger charge is 2.26. The molecule has 0 radical (unpaired) electrons. The first-order chi connectivity index (χ1) is 12.0. The first-order valence-electron chi connectivity index (χ1n) is 8.01. The summed E-state index contributed by atoms with van der Waals surface area (Å²) in [6.45, 7) is 3.20. The van der Waals surface area contributed by atoms with E-state index in [0.29, 0.717) is 25.5 Å². The van der Waals surface area contributed by atoms with Gasteiger partial charge in [-0.1, -0.05) is 0 Å². The van der Waals surface area contributed by atoms with Crippen molar-refractivity contribution in [3.63, 3.8) is 0 Å². The van der Waals surface area contributed by atoms with Gasteiger partial charge < -0.3 is 20.0 Å². The summed E-state index contributed by atoms with van der Waals surface area (Å²) in [6.07, 6.45) is -0.0474. The first kappa shape index (κ1) is 17.7. The summed E-state index contributed by atoms with van der Waals surface area (Å²) >= 11 is 1.46. The zero-order valence-electron chi connectivity index (χ0n) is 13.6. The number of morpholine rings is 1. The average Bonchev–Trinajstić information content (AvgIpc) is 3.11. The lowest BCUT2D eigenvalue weighted by Gasteiger charge is -2.26. The standard InChI is InChI=1S/C17H20N2O5S/c18-15(21)8-13(11-1-6-25-10-11)17-16(22)14(20)7-12(24-17)9-19-2-4-23-5-3-19/h1,6-7,10,13,22H,2-5,8-9H2,(H2,18,21)/t13-/m0/s1. The number of nitrogens with zero attached hydrogens (tertiary/aromatic N) is 1. The molecule has 0 bridgehead atoms. The van der Waals surface area contributed by atoms with Gasteiger partial charge in [0, 0.05) is 25.6 Å². The van der Waals surface area contributed by atoms with Gasteiger partial charge in [0.05, 0.1) is 25.7 Å². The van der Waals surface area contributed by atoms with Crippen LogP contribution in [-0.2, 0) is 16.1 Å². The van der Waals surface area contributed by atoms with Gasteiger partial charge in [0.25, 0.3) is 0 Å². The van der Waals surface area contributed by atoms with E-state index in [4.69, 9.17) is 14.9 Å². The second kappa shape index (κ2) is 7.81. The van der Waals surface area contributed by atoms with Crippen LogP contribution in [0.5, 0.6) is 5.75 Å². The average molecular weight is 364 g/mol. The van der Waals surface area contributed by atoms with Crippen molar-refractivity contribution in [3.8, 4) is 5.75 Å². The monoisotopic (exact) mass is 364 g/mol. The Morgan fingerprint density at radius 3 is 2.80 bits per heavy atom. The third-order valence-corrected chi connectivity index (χ3v) is 4.85. The molecule has 3 N–H and O–H groups in total. The minimum atomic E-state index is -0.582. The van der Waals surface area contributed by atoms with Gasteiger partial charge in [0.2, 0.25) is 17.1 Å². The zero-order chi connectivity index (χ0) is 17.8. The number of aromatic hydroxyl groups is 1. The highest BCUT2D eigenvalue weighted by atomic mass is 32.1. The van der Waals surface area contributed by atoms with Crippen LogP contribution < -0.4 is 11.2 Å². The molecule has 0 saturated carbocycles. The van der Waals surface area contributed by atoms with E-state index in [0.717, 1.165) is 18.7 Å². The quantitative estimate of drug-likeness (QED) is 0.799. The second-order valence-electron chi connectivity index (χ2n) is 5.96. The summed E-state index contributed by atoms with van der Waals surface area (Å²) in [5, 5.41) is 13.9. The number of carbonyl (C=O) groups is 1. The fraction of sp³-hybridized carbons (Fsp3) is 0.412. The lowest BCUT2D eigenvalue weighted by atomic mass is 9.94. The molecule has 0 unspecified atom stereocenters. The predicted molar refractivity (Wildman–Crippen MR) is 92.7 cm³/mol. The molecule has 3 heterocycles. The Labute approximate surface area is 148 Å². The molecule has 134 valence electrons. The molecule has 25 heavy (non-hydrogen) atoms. The molecular formula is C17H20N2O5S. The van der Waals surface area contributed by atoms with Gasteiger partial charge in [-0.25, -0.2) is 0 Å². The third kappa shape index (κ3) is 4.28. The van der Waals surface area contributed by atoms with Crippen molar-refractivity contribution in [1.82, 2.24) is 4.90 Å². The van der Waals surface area contributed by atoms with Gasteiger partial charge in [-0.15, -0.1) is 0 Å². The van der Waals surface area contributed by atoms with E-state index in [-0.39, 0.29) is 12.2 Å². The Kier molecular flexibility index (Phi) is 5.52. The minimum Gasteiger partial charge on any atom is -0.502 e. The second-order valence-corrected chi connectivity index (χ2v) is 6.74. The molecule has 0 spiro atoms. The van der Waals surface area contributed by atoms with Crippen molar-refractivity contribution < 1.29 is 19.1 Å². The van der Waals surface area contributed by atoms with E-state index in [9.17, 15) is 14.7 Å². The first-order valence-corrected chi connectivity index (χ1v) is 8.95. The summed E-state index contributed by atoms with van der Waals surface area (Å²) < 4.78 is 11.2. The Morgan fingerprint density at radius 1 is 1.40 bits per heavy atom. The number of carbonyl (C=O) groups excluding carboxylic acids is 1. The number of ether oxygens (including phenoxy) is 1. The highest BCUT2D eigenvalue weighted by Crippen LogP contribution is 2.34. The summed E-state index contributed by atoms with van der Waals surface area (Å²) in [4.78, 5) is 25.8. The molecule has 2 aromatic rings. The van der Waals surface area contributed by atoms with Crippen LogP contribution in [0.25, 0.3) is 0 Å². The number of amides is 1. The van der Waals surface area contributed by atoms with E-state index in [2.05, 4.69) is 4.90 Å². The SMILES string of the molecule is NC(=O)C[C@@H](c1ccsc1)c1oc(CN2CCOCC2)cc(=O)c1O. The lowest BCUT2D eigenvalue weighted by molar-refractivity contribution is -0.118. The van der Waals surface area contributed by atoms with Gasteiger partial charge in [0.15, 0.2) is 5.76 Å². The maximum Gasteiger partial charge on any atom is 0.227 e. The van der Waals surface area contributed by atoms with E-state index in [1.807, 2.05) is 16.8 Å². The van der Waals surface area contributed by atoms with Crippen molar-refractivity contribution in [2.75, 3.05) is 26.3 Å². The Hall–Kier alpha value is -2.16. The molecule has 1 amide bonds. The summed E-state index contributed by atoms with van der Waals surface area (Å²) in [6, 6.07) is 3.12. The molecule has 8 heteroatoms. The summed E-state index contributed by atoms with van der Waals surface area (Å²) in [7, 11) is 0. The predicted octanol–water partition coefficient (Wildman–Crippen LogP) is 1.25. The van der Waals surface area contributed by atoms with Gasteiger partial charge in [-0.3, -0.25) is 14.5 Å². The van der Waals surface area contributed by atoms with Gasteiger partial charge in [-0.05, 0) is 22.4 Å². The Morgan fingerprint density at radius 2 is 2.16 bits per heavy atom. The van der Waals surface area contributed by atoms with E-state index in [1.165, 1.54) is 17.4 Å². The van der Waals surface area contributed by atoms with E-state index >= 15 is 0 Å². The van der Waals surface area contributed by atoms with Crippen molar-refractivity contribution >= 4 is 17.2 Å². The van der Waals surface area contributed by atoms with Crippen molar-refractivity contribution in [2.45, 2.75) is 18.9 Å². The van der Waals surface area contributed by atoms with Gasteiger partial charge in [-0.2, -0.15) is 11.3 Å². The largest absolute Gasteiger partial charge is 0.502 e. The van der Waals surface area contributed by atoms with Crippen molar-refractivity contribution in [1.29, 1.82) is 0 Å². The van der Waals surface area contributed by atoms with Crippen LogP contribution >= 0.6 is 11.3 Å². The van der Waals surface area contributed by atoms with Crippen molar-refractivity contribution in [3.05, 3.63) is 50.2 Å². The fourth-order valence-electron chi connectivity index (χ4n) is 2.89. The maximum atomic E-state index is 12.2. The molecular weight excluding hydrogens is 344 g/mol. The zero-order valence-corrected chi connectivity index (χ0v) is 14.5. The summed E-state index contributed by atoms with van der Waals surface area (Å²) in [5.41, 5.74) is 5.62. The van der Waals surface area contributed by atoms with Gasteiger partial charge in [0.1, 0.15) is 5.76 Å². The van der Waals surface area contributed by atoms with Crippen LogP contribution in [0.15, 0.2) is 32.1 Å². The maximum absolute atomic E-state index is 12.2. The molecule has 1 atom stereocenters. The van der Waals surface area contributed by atoms with Gasteiger partial charge >= 0.3 is 0 Å². The molecule has 3 rings (SSSR count). The molecule has 7 nitrogen and oxygen atoms in total. The number of hydrogen-bond donors (Lipinski definition) is 2. The Balaban J connectivity index is 1.95. The van der Waals surface area contributed by atoms with Crippen LogP contribution in [0.4, 0.5) is 0 Å². The third-order valence-electron chi connectivity index (χ3n) is 4.15. The van der Waals surface area contributed by atoms with Crippen LogP contribution in [0.3, 0.4) is 0 Å². The van der Waals surface area contributed by atoms with Crippen LogP contribution in [0.1, 0.15) is 29.4 Å². The van der Waals surface area contributed by atoms with E-state index in [1.54, 1.807) is 0 Å². The fourth-order valence-corrected chi connectivity index (χ4v) is 3.60. The normalized spacial score (nSPS) is 16.6. The van der Waals surface area contributed by atoms with Crippen LogP contribution in [0.2, 0.25) is 0 Å². The number of primary amides is 1. The Bertz CT molecular complexity index is 781. The van der Waals surface area contributed by atoms with Crippen LogP contribution in [0, 0.1) is 0 Å². The van der Waals surface area contributed by atoms with Crippen molar-refractivity contribution in [2.24, 2.45) is 5.73 Å². The minimum absolute atomic E-state index is 0.0474. The van der Waals surface area contributed by atoms with Crippen LogP contribution in [-0.4, -0.2) is 42.2 Å². The molecule has 1 aliphatic rings. The smallest absolute Gasteiger partial charge is 0.227 e. The molecule has 0 aromatic carbocycles. The number of nitrogens with two attached hydrogens (primary N) is 1. The topological polar surface area (TPSA) is 106 Å². The highest BCUT2D eigenvalue weighted by molar-refractivity contribution is 7.08. The lowest BCUT2D eigenvalue weighted by Crippen LogP contribution is -2.35. The summed E-state index contributed by atoms with van der Waals surface area (Å²) in [5.74, 6) is -1.04. The molecule has 1 aliphatic heterocycles. The molecule has 1 fully saturated rings. The van der Waals surface area contributed by atoms with E-state index < -0.39 is 23.0 Å². The molecule has 2 aromatic heterocycles. The number of hydrogen-bond acceptors (Lipinski definition) is 7. The number of rotatable bonds is 6. The molecule has 1 saturated heterocycles. The molecule has 0 aliphatic carbocycles. The number of thiophene rings is 1.